The summed E-state index contributed by atoms with van der Waals surface area (Å²) in [6, 6.07) is 0.745. The molecule has 2 heteroatoms. The fraction of sp³-hybridized carbons (Fsp3) is 1.00. The van der Waals surface area contributed by atoms with Crippen molar-refractivity contribution in [3.8, 4) is 0 Å². The predicted octanol–water partition coefficient (Wildman–Crippen LogP) is 2.67. The van der Waals surface area contributed by atoms with Crippen molar-refractivity contribution in [3.63, 3.8) is 0 Å². The topological polar surface area (TPSA) is 38.0 Å². The number of rotatable bonds is 10. The minimum absolute atomic E-state index is 0.745. The molecule has 0 rings (SSSR count). The lowest BCUT2D eigenvalue weighted by atomic mass is 10.1. The fourth-order valence-corrected chi connectivity index (χ4v) is 1.73. The molecule has 0 heterocycles. The Hall–Kier alpha value is -0.0800. The van der Waals surface area contributed by atoms with Gasteiger partial charge in [0.1, 0.15) is 0 Å². The number of hydrogen-bond acceptors (Lipinski definition) is 2. The molecular formula is C12H28N2. The maximum Gasteiger partial charge on any atom is 0.00643 e. The van der Waals surface area contributed by atoms with Crippen LogP contribution >= 0.6 is 0 Å². The summed E-state index contributed by atoms with van der Waals surface area (Å²) in [4.78, 5) is 0. The van der Waals surface area contributed by atoms with Gasteiger partial charge in [0.05, 0.1) is 0 Å². The number of nitrogens with two attached hydrogens (primary N) is 1. The average molecular weight is 200 g/mol. The van der Waals surface area contributed by atoms with Gasteiger partial charge in [-0.2, -0.15) is 0 Å². The van der Waals surface area contributed by atoms with Gasteiger partial charge in [-0.05, 0) is 38.8 Å². The maximum absolute atomic E-state index is 5.44. The summed E-state index contributed by atoms with van der Waals surface area (Å²) in [5.74, 6) is 0. The molecule has 3 N–H and O–H groups in total. The van der Waals surface area contributed by atoms with E-state index in [1.807, 2.05) is 0 Å². The minimum Gasteiger partial charge on any atom is -0.330 e. The van der Waals surface area contributed by atoms with Crippen LogP contribution in [0.2, 0.25) is 0 Å². The Balaban J connectivity index is 3.15. The van der Waals surface area contributed by atoms with E-state index in [1.165, 1.54) is 51.5 Å². The smallest absolute Gasteiger partial charge is 0.00643 e. The average Bonchev–Trinajstić information content (AvgIpc) is 2.21. The summed E-state index contributed by atoms with van der Waals surface area (Å²) < 4.78 is 0. The zero-order valence-electron chi connectivity index (χ0n) is 10.0. The van der Waals surface area contributed by atoms with Gasteiger partial charge in [0.2, 0.25) is 0 Å². The Labute approximate surface area is 89.6 Å². The third-order valence-electron chi connectivity index (χ3n) is 2.69. The molecule has 0 saturated carbocycles. The number of hydrogen-bond donors (Lipinski definition) is 2. The van der Waals surface area contributed by atoms with Gasteiger partial charge in [-0.15, -0.1) is 0 Å². The van der Waals surface area contributed by atoms with Crippen LogP contribution in [0, 0.1) is 0 Å². The lowest BCUT2D eigenvalue weighted by Gasteiger charge is -2.15. The molecule has 0 radical (unpaired) electrons. The van der Waals surface area contributed by atoms with Crippen molar-refractivity contribution < 1.29 is 0 Å². The molecule has 1 unspecified atom stereocenters. The summed E-state index contributed by atoms with van der Waals surface area (Å²) in [7, 11) is 0. The SMILES string of the molecule is CCCC(CC)NCCCCCCN. The molecule has 0 fully saturated rings. The van der Waals surface area contributed by atoms with Gasteiger partial charge in [-0.1, -0.05) is 33.1 Å². The highest BCUT2D eigenvalue weighted by Gasteiger charge is 2.02. The van der Waals surface area contributed by atoms with Gasteiger partial charge in [0.25, 0.3) is 0 Å². The van der Waals surface area contributed by atoms with E-state index in [0.29, 0.717) is 0 Å². The van der Waals surface area contributed by atoms with E-state index in [1.54, 1.807) is 0 Å². The molecule has 0 aromatic carbocycles. The standard InChI is InChI=1S/C12H28N2/c1-3-9-12(4-2)14-11-8-6-5-7-10-13/h12,14H,3-11,13H2,1-2H3. The van der Waals surface area contributed by atoms with Crippen molar-refractivity contribution in [1.82, 2.24) is 5.32 Å². The van der Waals surface area contributed by atoms with Crippen LogP contribution in [0.4, 0.5) is 0 Å². The van der Waals surface area contributed by atoms with Crippen LogP contribution in [0.15, 0.2) is 0 Å². The van der Waals surface area contributed by atoms with Gasteiger partial charge in [0, 0.05) is 6.04 Å². The molecule has 1 atom stereocenters. The largest absolute Gasteiger partial charge is 0.330 e. The maximum atomic E-state index is 5.44. The van der Waals surface area contributed by atoms with Gasteiger partial charge < -0.3 is 11.1 Å². The molecular weight excluding hydrogens is 172 g/mol. The van der Waals surface area contributed by atoms with Gasteiger partial charge in [-0.3, -0.25) is 0 Å². The van der Waals surface area contributed by atoms with Crippen molar-refractivity contribution >= 4 is 0 Å². The molecule has 0 spiro atoms. The second kappa shape index (κ2) is 11.0. The van der Waals surface area contributed by atoms with Crippen LogP contribution < -0.4 is 11.1 Å². The van der Waals surface area contributed by atoms with Gasteiger partial charge >= 0.3 is 0 Å². The second-order valence-corrected chi connectivity index (χ2v) is 4.05. The predicted molar refractivity (Wildman–Crippen MR) is 64.5 cm³/mol. The Kier molecular flexibility index (Phi) is 10.9. The van der Waals surface area contributed by atoms with E-state index in [2.05, 4.69) is 19.2 Å². The summed E-state index contributed by atoms with van der Waals surface area (Å²) >= 11 is 0. The molecule has 0 aromatic rings. The monoisotopic (exact) mass is 200 g/mol. The second-order valence-electron chi connectivity index (χ2n) is 4.05. The molecule has 0 amide bonds. The van der Waals surface area contributed by atoms with Crippen LogP contribution in [0.3, 0.4) is 0 Å². The van der Waals surface area contributed by atoms with E-state index < -0.39 is 0 Å². The van der Waals surface area contributed by atoms with Crippen molar-refractivity contribution in [2.75, 3.05) is 13.1 Å². The quantitative estimate of drug-likeness (QED) is 0.532. The minimum atomic E-state index is 0.745. The summed E-state index contributed by atoms with van der Waals surface area (Å²) in [5.41, 5.74) is 5.44. The Bertz CT molecular complexity index is 104. The first-order valence-corrected chi connectivity index (χ1v) is 6.28. The summed E-state index contributed by atoms with van der Waals surface area (Å²) in [6.07, 6.45) is 8.98. The van der Waals surface area contributed by atoms with E-state index in [4.69, 9.17) is 5.73 Å². The third kappa shape index (κ3) is 8.52. The Morgan fingerprint density at radius 3 is 2.36 bits per heavy atom. The lowest BCUT2D eigenvalue weighted by Crippen LogP contribution is -2.29. The van der Waals surface area contributed by atoms with Crippen molar-refractivity contribution in [2.45, 2.75) is 64.8 Å². The molecule has 0 bridgehead atoms. The molecule has 0 aromatic heterocycles. The van der Waals surface area contributed by atoms with Gasteiger partial charge in [0.15, 0.2) is 0 Å². The summed E-state index contributed by atoms with van der Waals surface area (Å²) in [5, 5.41) is 3.62. The van der Waals surface area contributed by atoms with E-state index in [0.717, 1.165) is 12.6 Å². The van der Waals surface area contributed by atoms with E-state index in [9.17, 15) is 0 Å². The van der Waals surface area contributed by atoms with Crippen LogP contribution in [-0.2, 0) is 0 Å². The molecule has 14 heavy (non-hydrogen) atoms. The van der Waals surface area contributed by atoms with Gasteiger partial charge in [-0.25, -0.2) is 0 Å². The number of nitrogens with one attached hydrogen (secondary N) is 1. The molecule has 0 aliphatic heterocycles. The Morgan fingerprint density at radius 1 is 1.07 bits per heavy atom. The number of unbranched alkanes of at least 4 members (excludes halogenated alkanes) is 3. The Morgan fingerprint density at radius 2 is 1.79 bits per heavy atom. The summed E-state index contributed by atoms with van der Waals surface area (Å²) in [6.45, 7) is 6.55. The first kappa shape index (κ1) is 13.9. The molecule has 0 aliphatic rings. The first-order valence-electron chi connectivity index (χ1n) is 6.28. The van der Waals surface area contributed by atoms with Crippen molar-refractivity contribution in [3.05, 3.63) is 0 Å². The van der Waals surface area contributed by atoms with Crippen LogP contribution in [0.25, 0.3) is 0 Å². The third-order valence-corrected chi connectivity index (χ3v) is 2.69. The fourth-order valence-electron chi connectivity index (χ4n) is 1.73. The highest BCUT2D eigenvalue weighted by atomic mass is 14.9. The first-order chi connectivity index (χ1) is 6.85. The zero-order valence-corrected chi connectivity index (χ0v) is 10.0. The molecule has 86 valence electrons. The van der Waals surface area contributed by atoms with Crippen LogP contribution in [-0.4, -0.2) is 19.1 Å². The van der Waals surface area contributed by atoms with Crippen molar-refractivity contribution in [2.24, 2.45) is 5.73 Å². The van der Waals surface area contributed by atoms with E-state index in [-0.39, 0.29) is 0 Å². The van der Waals surface area contributed by atoms with Crippen molar-refractivity contribution in [1.29, 1.82) is 0 Å². The highest BCUT2D eigenvalue weighted by molar-refractivity contribution is 4.63. The van der Waals surface area contributed by atoms with Crippen LogP contribution in [0.5, 0.6) is 0 Å². The normalized spacial score (nSPS) is 13.1. The molecule has 0 aliphatic carbocycles. The van der Waals surface area contributed by atoms with Crippen LogP contribution in [0.1, 0.15) is 58.8 Å². The zero-order chi connectivity index (χ0) is 10.6. The van der Waals surface area contributed by atoms with E-state index >= 15 is 0 Å². The molecule has 2 nitrogen and oxygen atoms in total. The molecule has 0 saturated heterocycles. The highest BCUT2D eigenvalue weighted by Crippen LogP contribution is 2.02. The lowest BCUT2D eigenvalue weighted by molar-refractivity contribution is 0.452.